The summed E-state index contributed by atoms with van der Waals surface area (Å²) in [6.07, 6.45) is 3.68. The summed E-state index contributed by atoms with van der Waals surface area (Å²) in [6.45, 7) is 3.51. The van der Waals surface area contributed by atoms with Crippen molar-refractivity contribution in [1.82, 2.24) is 9.97 Å². The minimum absolute atomic E-state index is 0.194. The van der Waals surface area contributed by atoms with Gasteiger partial charge >= 0.3 is 5.97 Å². The van der Waals surface area contributed by atoms with Crippen LogP contribution in [0.15, 0.2) is 37.2 Å². The van der Waals surface area contributed by atoms with Gasteiger partial charge in [0.05, 0.1) is 5.02 Å². The van der Waals surface area contributed by atoms with Crippen LogP contribution in [0.2, 0.25) is 5.02 Å². The van der Waals surface area contributed by atoms with Gasteiger partial charge in [0, 0.05) is 18.8 Å². The number of hydrogen-bond donors (Lipinski definition) is 1. The first kappa shape index (κ1) is 13.3. The zero-order chi connectivity index (χ0) is 13.8. The largest absolute Gasteiger partial charge is 0.478 e. The molecule has 0 aliphatic heterocycles. The fraction of sp³-hybridized carbons (Fsp3) is 0.154. The summed E-state index contributed by atoms with van der Waals surface area (Å²) in [7, 11) is 0. The van der Waals surface area contributed by atoms with Gasteiger partial charge in [0.1, 0.15) is 16.8 Å². The van der Waals surface area contributed by atoms with Crippen molar-refractivity contribution < 1.29 is 14.6 Å². The SMILES string of the molecule is C=CCC(Oc1ccc(Cl)c2nccnc12)C(=O)O. The predicted molar refractivity (Wildman–Crippen MR) is 71.4 cm³/mol. The zero-order valence-electron chi connectivity index (χ0n) is 9.91. The average molecular weight is 279 g/mol. The van der Waals surface area contributed by atoms with Gasteiger partial charge in [0.15, 0.2) is 6.10 Å². The summed E-state index contributed by atoms with van der Waals surface area (Å²) in [5.74, 6) is -0.728. The molecule has 98 valence electrons. The minimum Gasteiger partial charge on any atom is -0.478 e. The second kappa shape index (κ2) is 5.67. The first-order chi connectivity index (χ1) is 9.13. The van der Waals surface area contributed by atoms with Crippen molar-refractivity contribution in [1.29, 1.82) is 0 Å². The number of hydrogen-bond acceptors (Lipinski definition) is 4. The van der Waals surface area contributed by atoms with E-state index in [0.29, 0.717) is 21.8 Å². The molecule has 2 aromatic rings. The first-order valence-corrected chi connectivity index (χ1v) is 5.91. The zero-order valence-corrected chi connectivity index (χ0v) is 10.7. The van der Waals surface area contributed by atoms with Crippen LogP contribution in [0.3, 0.4) is 0 Å². The quantitative estimate of drug-likeness (QED) is 0.851. The highest BCUT2D eigenvalue weighted by atomic mass is 35.5. The molecule has 1 heterocycles. The Balaban J connectivity index is 2.42. The molecule has 0 radical (unpaired) electrons. The van der Waals surface area contributed by atoms with E-state index in [0.717, 1.165) is 0 Å². The van der Waals surface area contributed by atoms with Crippen molar-refractivity contribution in [3.63, 3.8) is 0 Å². The molecule has 1 aromatic heterocycles. The van der Waals surface area contributed by atoms with E-state index < -0.39 is 12.1 Å². The lowest BCUT2D eigenvalue weighted by molar-refractivity contribution is -0.144. The van der Waals surface area contributed by atoms with Crippen molar-refractivity contribution in [3.05, 3.63) is 42.2 Å². The summed E-state index contributed by atoms with van der Waals surface area (Å²) in [5, 5.41) is 9.49. The molecule has 6 heteroatoms. The van der Waals surface area contributed by atoms with Crippen molar-refractivity contribution in [2.75, 3.05) is 0 Å². The van der Waals surface area contributed by atoms with E-state index in [-0.39, 0.29) is 6.42 Å². The van der Waals surface area contributed by atoms with Gasteiger partial charge in [-0.05, 0) is 12.1 Å². The maximum absolute atomic E-state index is 11.1. The van der Waals surface area contributed by atoms with E-state index in [9.17, 15) is 4.79 Å². The smallest absolute Gasteiger partial charge is 0.345 e. The molecule has 2 rings (SSSR count). The minimum atomic E-state index is -1.06. The van der Waals surface area contributed by atoms with Crippen molar-refractivity contribution in [3.8, 4) is 5.75 Å². The fourth-order valence-electron chi connectivity index (χ4n) is 1.60. The summed E-state index contributed by atoms with van der Waals surface area (Å²) >= 11 is 6.00. The second-order valence-electron chi connectivity index (χ2n) is 3.77. The molecular weight excluding hydrogens is 268 g/mol. The number of aliphatic carboxylic acids is 1. The van der Waals surface area contributed by atoms with Gasteiger partial charge in [-0.25, -0.2) is 9.78 Å². The van der Waals surface area contributed by atoms with Gasteiger partial charge in [-0.3, -0.25) is 4.98 Å². The van der Waals surface area contributed by atoms with E-state index in [1.54, 1.807) is 12.1 Å². The Bertz CT molecular complexity index is 630. The number of benzene rings is 1. The standard InChI is InChI=1S/C13H11ClN2O3/c1-2-3-10(13(17)18)19-9-5-4-8(14)11-12(9)16-7-6-15-11/h2,4-7,10H,1,3H2,(H,17,18). The van der Waals surface area contributed by atoms with E-state index in [1.807, 2.05) is 0 Å². The fourth-order valence-corrected chi connectivity index (χ4v) is 1.80. The molecule has 19 heavy (non-hydrogen) atoms. The summed E-state index contributed by atoms with van der Waals surface area (Å²) in [4.78, 5) is 19.3. The number of ether oxygens (including phenoxy) is 1. The van der Waals surface area contributed by atoms with Gasteiger partial charge in [-0.2, -0.15) is 0 Å². The third-order valence-electron chi connectivity index (χ3n) is 2.46. The third kappa shape index (κ3) is 2.82. The molecule has 0 fully saturated rings. The maximum Gasteiger partial charge on any atom is 0.345 e. The van der Waals surface area contributed by atoms with Crippen LogP contribution in [0.4, 0.5) is 0 Å². The lowest BCUT2D eigenvalue weighted by atomic mass is 10.2. The predicted octanol–water partition coefficient (Wildman–Crippen LogP) is 2.69. The number of carboxylic acids is 1. The van der Waals surface area contributed by atoms with Crippen molar-refractivity contribution >= 4 is 28.6 Å². The van der Waals surface area contributed by atoms with Gasteiger partial charge in [0.2, 0.25) is 0 Å². The molecule has 0 aliphatic rings. The topological polar surface area (TPSA) is 72.3 Å². The Labute approximate surface area is 114 Å². The second-order valence-corrected chi connectivity index (χ2v) is 4.18. The Morgan fingerprint density at radius 3 is 2.74 bits per heavy atom. The highest BCUT2D eigenvalue weighted by Gasteiger charge is 2.19. The van der Waals surface area contributed by atoms with Crippen LogP contribution in [0.5, 0.6) is 5.75 Å². The number of rotatable bonds is 5. The van der Waals surface area contributed by atoms with E-state index in [2.05, 4.69) is 16.5 Å². The van der Waals surface area contributed by atoms with Crippen LogP contribution in [0.1, 0.15) is 6.42 Å². The van der Waals surface area contributed by atoms with Crippen LogP contribution in [-0.4, -0.2) is 27.1 Å². The first-order valence-electron chi connectivity index (χ1n) is 5.53. The highest BCUT2D eigenvalue weighted by Crippen LogP contribution is 2.29. The van der Waals surface area contributed by atoms with E-state index in [4.69, 9.17) is 21.4 Å². The van der Waals surface area contributed by atoms with E-state index in [1.165, 1.54) is 18.5 Å². The number of carbonyl (C=O) groups is 1. The van der Waals surface area contributed by atoms with Gasteiger partial charge < -0.3 is 9.84 Å². The van der Waals surface area contributed by atoms with Crippen LogP contribution < -0.4 is 4.74 Å². The highest BCUT2D eigenvalue weighted by molar-refractivity contribution is 6.35. The molecule has 1 aromatic carbocycles. The molecular formula is C13H11ClN2O3. The molecule has 1 atom stereocenters. The van der Waals surface area contributed by atoms with Crippen LogP contribution in [0, 0.1) is 0 Å². The lowest BCUT2D eigenvalue weighted by Gasteiger charge is -2.14. The third-order valence-corrected chi connectivity index (χ3v) is 2.77. The number of fused-ring (bicyclic) bond motifs is 1. The molecule has 1 unspecified atom stereocenters. The van der Waals surface area contributed by atoms with E-state index >= 15 is 0 Å². The van der Waals surface area contributed by atoms with Crippen LogP contribution in [-0.2, 0) is 4.79 Å². The molecule has 5 nitrogen and oxygen atoms in total. The molecule has 0 bridgehead atoms. The Hall–Kier alpha value is -2.14. The molecule has 0 saturated carbocycles. The Morgan fingerprint density at radius 1 is 1.42 bits per heavy atom. The molecule has 1 N–H and O–H groups in total. The molecule has 0 amide bonds. The lowest BCUT2D eigenvalue weighted by Crippen LogP contribution is -2.26. The van der Waals surface area contributed by atoms with Crippen molar-refractivity contribution in [2.45, 2.75) is 12.5 Å². The maximum atomic E-state index is 11.1. The number of carboxylic acid groups (broad SMARTS) is 1. The average Bonchev–Trinajstić information content (AvgIpc) is 2.41. The summed E-state index contributed by atoms with van der Waals surface area (Å²) in [6, 6.07) is 3.18. The summed E-state index contributed by atoms with van der Waals surface area (Å²) in [5.41, 5.74) is 0.912. The molecule has 0 spiro atoms. The monoisotopic (exact) mass is 278 g/mol. The number of halogens is 1. The normalized spacial score (nSPS) is 12.1. The van der Waals surface area contributed by atoms with Crippen molar-refractivity contribution in [2.24, 2.45) is 0 Å². The summed E-state index contributed by atoms with van der Waals surface area (Å²) < 4.78 is 5.45. The number of aromatic nitrogens is 2. The Morgan fingerprint density at radius 2 is 2.11 bits per heavy atom. The number of nitrogens with zero attached hydrogens (tertiary/aromatic N) is 2. The van der Waals surface area contributed by atoms with Crippen LogP contribution in [0.25, 0.3) is 11.0 Å². The van der Waals surface area contributed by atoms with Gasteiger partial charge in [-0.1, -0.05) is 17.7 Å². The van der Waals surface area contributed by atoms with Gasteiger partial charge in [0.25, 0.3) is 0 Å². The molecule has 0 aliphatic carbocycles. The molecule has 0 saturated heterocycles. The van der Waals surface area contributed by atoms with Gasteiger partial charge in [-0.15, -0.1) is 6.58 Å². The Kier molecular flexibility index (Phi) is 3.97. The van der Waals surface area contributed by atoms with Crippen LogP contribution >= 0.6 is 11.6 Å².